The van der Waals surface area contributed by atoms with E-state index < -0.39 is 0 Å². The number of rotatable bonds is 8. The molecule has 0 saturated heterocycles. The Labute approximate surface area is 155 Å². The Morgan fingerprint density at radius 3 is 2.73 bits per heavy atom. The number of benzene rings is 1. The van der Waals surface area contributed by atoms with Crippen LogP contribution < -0.4 is 9.47 Å². The Hall–Kier alpha value is -2.36. The zero-order valence-electron chi connectivity index (χ0n) is 14.9. The molecular formula is C17H22N4O4S. The Morgan fingerprint density at radius 2 is 2.12 bits per heavy atom. The number of nitrogens with zero attached hydrogens (tertiary/aromatic N) is 4. The van der Waals surface area contributed by atoms with E-state index in [-0.39, 0.29) is 18.5 Å². The molecule has 0 aliphatic rings. The average Bonchev–Trinajstić information content (AvgIpc) is 3.24. The average molecular weight is 378 g/mol. The van der Waals surface area contributed by atoms with Gasteiger partial charge in [0.1, 0.15) is 6.33 Å². The molecule has 0 saturated carbocycles. The van der Waals surface area contributed by atoms with E-state index in [1.807, 2.05) is 25.1 Å². The molecule has 0 aliphatic heterocycles. The molecule has 3 aromatic rings. The molecule has 0 bridgehead atoms. The van der Waals surface area contributed by atoms with E-state index in [9.17, 15) is 10.2 Å². The van der Waals surface area contributed by atoms with Gasteiger partial charge in [-0.15, -0.1) is 0 Å². The number of aromatic hydroxyl groups is 1. The van der Waals surface area contributed by atoms with E-state index in [0.717, 1.165) is 5.56 Å². The lowest BCUT2D eigenvalue weighted by atomic mass is 10.0. The maximum Gasteiger partial charge on any atom is 0.230 e. The van der Waals surface area contributed by atoms with Gasteiger partial charge in [-0.2, -0.15) is 9.61 Å². The lowest BCUT2D eigenvalue weighted by Crippen LogP contribution is -2.32. The van der Waals surface area contributed by atoms with Gasteiger partial charge in [-0.1, -0.05) is 30.4 Å². The van der Waals surface area contributed by atoms with E-state index in [4.69, 9.17) is 9.47 Å². The first-order valence-corrected chi connectivity index (χ1v) is 9.05. The molecule has 0 radical (unpaired) electrons. The fraction of sp³-hybridized carbons (Fsp3) is 0.412. The number of aliphatic hydroxyl groups excluding tert-OH is 1. The van der Waals surface area contributed by atoms with Gasteiger partial charge < -0.3 is 19.7 Å². The van der Waals surface area contributed by atoms with Crippen molar-refractivity contribution >= 4 is 16.3 Å². The normalized spacial score (nSPS) is 12.7. The third-order valence-electron chi connectivity index (χ3n) is 4.27. The second-order valence-corrected chi connectivity index (χ2v) is 6.59. The summed E-state index contributed by atoms with van der Waals surface area (Å²) in [5, 5.41) is 24.3. The fourth-order valence-electron chi connectivity index (χ4n) is 3.10. The molecule has 0 spiro atoms. The van der Waals surface area contributed by atoms with Crippen LogP contribution in [0.4, 0.5) is 0 Å². The van der Waals surface area contributed by atoms with Crippen LogP contribution in [0.25, 0.3) is 4.96 Å². The Kier molecular flexibility index (Phi) is 5.60. The predicted octanol–water partition coefficient (Wildman–Crippen LogP) is 1.92. The monoisotopic (exact) mass is 378 g/mol. The summed E-state index contributed by atoms with van der Waals surface area (Å²) in [4.78, 5) is 7.51. The minimum absolute atomic E-state index is 0.00184. The Bertz CT molecular complexity index is 879. The summed E-state index contributed by atoms with van der Waals surface area (Å²) >= 11 is 1.36. The molecule has 2 aromatic heterocycles. The van der Waals surface area contributed by atoms with Crippen molar-refractivity contribution in [2.24, 2.45) is 0 Å². The smallest absolute Gasteiger partial charge is 0.230 e. The summed E-state index contributed by atoms with van der Waals surface area (Å²) in [6.45, 7) is 3.11. The minimum Gasteiger partial charge on any atom is -0.493 e. The molecule has 8 nitrogen and oxygen atoms in total. The molecule has 26 heavy (non-hydrogen) atoms. The van der Waals surface area contributed by atoms with Crippen molar-refractivity contribution < 1.29 is 19.7 Å². The van der Waals surface area contributed by atoms with Gasteiger partial charge in [0.05, 0.1) is 31.7 Å². The van der Waals surface area contributed by atoms with Crippen molar-refractivity contribution in [3.05, 3.63) is 35.0 Å². The molecule has 1 unspecified atom stereocenters. The highest BCUT2D eigenvalue weighted by atomic mass is 32.1. The summed E-state index contributed by atoms with van der Waals surface area (Å²) in [6.07, 6.45) is 1.40. The second kappa shape index (κ2) is 7.90. The van der Waals surface area contributed by atoms with Crippen LogP contribution in [0, 0.1) is 0 Å². The molecule has 0 amide bonds. The molecule has 140 valence electrons. The number of para-hydroxylation sites is 1. The number of thiazole rings is 1. The molecule has 1 aromatic carbocycles. The summed E-state index contributed by atoms with van der Waals surface area (Å²) in [5.41, 5.74) is 0.835. The van der Waals surface area contributed by atoms with Crippen LogP contribution in [-0.2, 0) is 0 Å². The van der Waals surface area contributed by atoms with Crippen LogP contribution in [0.1, 0.15) is 23.4 Å². The van der Waals surface area contributed by atoms with Gasteiger partial charge in [-0.3, -0.25) is 4.90 Å². The van der Waals surface area contributed by atoms with Gasteiger partial charge >= 0.3 is 0 Å². The molecule has 9 heteroatoms. The topological polar surface area (TPSA) is 92.4 Å². The number of hydrogen-bond donors (Lipinski definition) is 2. The largest absolute Gasteiger partial charge is 0.493 e. The number of ether oxygens (including phenoxy) is 2. The van der Waals surface area contributed by atoms with Gasteiger partial charge in [-0.25, -0.2) is 4.98 Å². The van der Waals surface area contributed by atoms with Crippen LogP contribution in [0.3, 0.4) is 0 Å². The third-order valence-corrected chi connectivity index (χ3v) is 5.36. The number of likely N-dealkylation sites (N-methyl/N-ethyl adjacent to an activating group) is 1. The second-order valence-electron chi connectivity index (χ2n) is 5.58. The van der Waals surface area contributed by atoms with Crippen molar-refractivity contribution in [2.75, 3.05) is 33.9 Å². The Morgan fingerprint density at radius 1 is 1.31 bits per heavy atom. The lowest BCUT2D eigenvalue weighted by Gasteiger charge is -2.31. The molecule has 2 N–H and O–H groups in total. The predicted molar refractivity (Wildman–Crippen MR) is 98.3 cm³/mol. The summed E-state index contributed by atoms with van der Waals surface area (Å²) in [6, 6.07) is 5.29. The van der Waals surface area contributed by atoms with Crippen LogP contribution in [0.5, 0.6) is 17.4 Å². The van der Waals surface area contributed by atoms with E-state index in [1.54, 1.807) is 14.2 Å². The SMILES string of the molecule is CCN(CCO)C(c1cccc(OC)c1OC)c1sc2ncnn2c1O. The van der Waals surface area contributed by atoms with Gasteiger partial charge in [-0.05, 0) is 12.6 Å². The molecule has 2 heterocycles. The van der Waals surface area contributed by atoms with Crippen molar-refractivity contribution in [1.82, 2.24) is 19.5 Å². The summed E-state index contributed by atoms with van der Waals surface area (Å²) in [7, 11) is 3.17. The van der Waals surface area contributed by atoms with Crippen LogP contribution in [-0.4, -0.2) is 63.6 Å². The lowest BCUT2D eigenvalue weighted by molar-refractivity contribution is 0.172. The first-order chi connectivity index (χ1) is 12.7. The number of aromatic nitrogens is 3. The number of fused-ring (bicyclic) bond motifs is 1. The molecule has 0 fully saturated rings. The van der Waals surface area contributed by atoms with Crippen molar-refractivity contribution in [2.45, 2.75) is 13.0 Å². The van der Waals surface area contributed by atoms with E-state index in [2.05, 4.69) is 15.0 Å². The zero-order chi connectivity index (χ0) is 18.7. The van der Waals surface area contributed by atoms with Gasteiger partial charge in [0.15, 0.2) is 11.5 Å². The van der Waals surface area contributed by atoms with E-state index in [0.29, 0.717) is 34.4 Å². The van der Waals surface area contributed by atoms with E-state index in [1.165, 1.54) is 22.2 Å². The van der Waals surface area contributed by atoms with Gasteiger partial charge in [0.25, 0.3) is 0 Å². The van der Waals surface area contributed by atoms with Crippen LogP contribution >= 0.6 is 11.3 Å². The highest BCUT2D eigenvalue weighted by Crippen LogP contribution is 2.44. The number of aliphatic hydroxyl groups is 1. The highest BCUT2D eigenvalue weighted by Gasteiger charge is 2.31. The summed E-state index contributed by atoms with van der Waals surface area (Å²) < 4.78 is 12.4. The number of methoxy groups -OCH3 is 2. The van der Waals surface area contributed by atoms with Gasteiger partial charge in [0, 0.05) is 12.1 Å². The molecule has 0 aliphatic carbocycles. The van der Waals surface area contributed by atoms with Crippen molar-refractivity contribution in [3.63, 3.8) is 0 Å². The summed E-state index contributed by atoms with van der Waals surface area (Å²) in [5.74, 6) is 1.23. The van der Waals surface area contributed by atoms with Crippen LogP contribution in [0.2, 0.25) is 0 Å². The van der Waals surface area contributed by atoms with Gasteiger partial charge in [0.2, 0.25) is 10.8 Å². The van der Waals surface area contributed by atoms with Crippen molar-refractivity contribution in [3.8, 4) is 17.4 Å². The zero-order valence-corrected chi connectivity index (χ0v) is 15.7. The quantitative estimate of drug-likeness (QED) is 0.619. The first kappa shape index (κ1) is 18.4. The molecule has 3 rings (SSSR count). The van der Waals surface area contributed by atoms with E-state index >= 15 is 0 Å². The Balaban J connectivity index is 2.22. The third kappa shape index (κ3) is 3.09. The van der Waals surface area contributed by atoms with Crippen molar-refractivity contribution in [1.29, 1.82) is 0 Å². The first-order valence-electron chi connectivity index (χ1n) is 8.23. The standard InChI is InChI=1S/C17H22N4O4S/c1-4-20(8-9-22)13(11-6-5-7-12(24-2)14(11)25-3)15-16(23)21-17(26-15)18-10-19-21/h5-7,10,13,22-23H,4,8-9H2,1-3H3. The molecule has 1 atom stereocenters. The molecular weight excluding hydrogens is 356 g/mol. The van der Waals surface area contributed by atoms with Crippen LogP contribution in [0.15, 0.2) is 24.5 Å². The highest BCUT2D eigenvalue weighted by molar-refractivity contribution is 7.17. The maximum atomic E-state index is 10.7. The number of hydrogen-bond acceptors (Lipinski definition) is 8. The minimum atomic E-state index is -0.342. The maximum absolute atomic E-state index is 10.7. The fourth-order valence-corrected chi connectivity index (χ4v) is 4.18.